The molecule has 1 fully saturated rings. The lowest BCUT2D eigenvalue weighted by atomic mass is 9.87. The normalized spacial score (nSPS) is 17.3. The Morgan fingerprint density at radius 2 is 2.11 bits per heavy atom. The average Bonchev–Trinajstić information content (AvgIpc) is 2.87. The Morgan fingerprint density at radius 1 is 1.39 bits per heavy atom. The molecule has 18 heavy (non-hydrogen) atoms. The molecule has 1 saturated carbocycles. The van der Waals surface area contributed by atoms with Gasteiger partial charge in [0.2, 0.25) is 0 Å². The first-order valence-corrected chi connectivity index (χ1v) is 6.33. The molecule has 0 radical (unpaired) electrons. The fraction of sp³-hybridized carbons (Fsp3) is 0.500. The van der Waals surface area contributed by atoms with Crippen LogP contribution in [0.25, 0.3) is 0 Å². The minimum Gasteiger partial charge on any atom is -0.397 e. The van der Waals surface area contributed by atoms with E-state index < -0.39 is 0 Å². The number of anilines is 2. The SMILES string of the molecule is N#Cc1ccc(N)c(NCC2(CO)CCCC2)c1. The van der Waals surface area contributed by atoms with Crippen LogP contribution in [0.3, 0.4) is 0 Å². The predicted octanol–water partition coefficient (Wildman–Crippen LogP) is 2.11. The summed E-state index contributed by atoms with van der Waals surface area (Å²) in [6, 6.07) is 7.30. The van der Waals surface area contributed by atoms with Gasteiger partial charge < -0.3 is 16.2 Å². The van der Waals surface area contributed by atoms with Crippen molar-refractivity contribution in [1.29, 1.82) is 5.26 Å². The second-order valence-corrected chi connectivity index (χ2v) is 5.13. The lowest BCUT2D eigenvalue weighted by Gasteiger charge is -2.27. The number of aliphatic hydroxyl groups is 1. The van der Waals surface area contributed by atoms with Crippen molar-refractivity contribution >= 4 is 11.4 Å². The molecule has 2 rings (SSSR count). The van der Waals surface area contributed by atoms with Crippen LogP contribution in [0.1, 0.15) is 31.2 Å². The van der Waals surface area contributed by atoms with E-state index in [1.165, 1.54) is 12.8 Å². The van der Waals surface area contributed by atoms with Crippen molar-refractivity contribution < 1.29 is 5.11 Å². The largest absolute Gasteiger partial charge is 0.397 e. The van der Waals surface area contributed by atoms with Crippen molar-refractivity contribution in [3.05, 3.63) is 23.8 Å². The van der Waals surface area contributed by atoms with Crippen LogP contribution < -0.4 is 11.1 Å². The number of hydrogen-bond donors (Lipinski definition) is 3. The standard InChI is InChI=1S/C14H19N3O/c15-8-11-3-4-12(16)13(7-11)17-9-14(10-18)5-1-2-6-14/h3-4,7,17-18H,1-2,5-6,9-10,16H2. The maximum Gasteiger partial charge on any atom is 0.0992 e. The number of aliphatic hydroxyl groups excluding tert-OH is 1. The van der Waals surface area contributed by atoms with Gasteiger partial charge in [0.1, 0.15) is 0 Å². The van der Waals surface area contributed by atoms with E-state index in [2.05, 4.69) is 11.4 Å². The molecule has 1 aromatic rings. The number of benzene rings is 1. The number of hydrogen-bond acceptors (Lipinski definition) is 4. The molecular weight excluding hydrogens is 226 g/mol. The van der Waals surface area contributed by atoms with Gasteiger partial charge in [-0.05, 0) is 31.0 Å². The Bertz CT molecular complexity index is 459. The van der Waals surface area contributed by atoms with E-state index in [1.54, 1.807) is 18.2 Å². The Morgan fingerprint density at radius 3 is 2.72 bits per heavy atom. The summed E-state index contributed by atoms with van der Waals surface area (Å²) >= 11 is 0. The maximum absolute atomic E-state index is 9.54. The van der Waals surface area contributed by atoms with Crippen LogP contribution in [0.5, 0.6) is 0 Å². The summed E-state index contributed by atoms with van der Waals surface area (Å²) in [6.07, 6.45) is 4.45. The lowest BCUT2D eigenvalue weighted by Crippen LogP contribution is -2.30. The van der Waals surface area contributed by atoms with Crippen LogP contribution in [-0.2, 0) is 0 Å². The minimum absolute atomic E-state index is 0.0188. The molecule has 1 aliphatic rings. The van der Waals surface area contributed by atoms with E-state index in [9.17, 15) is 5.11 Å². The van der Waals surface area contributed by atoms with Crippen LogP contribution in [0, 0.1) is 16.7 Å². The summed E-state index contributed by atoms with van der Waals surface area (Å²) < 4.78 is 0. The zero-order valence-electron chi connectivity index (χ0n) is 10.4. The van der Waals surface area contributed by atoms with Gasteiger partial charge in [-0.2, -0.15) is 5.26 Å². The predicted molar refractivity (Wildman–Crippen MR) is 72.0 cm³/mol. The molecule has 4 heteroatoms. The van der Waals surface area contributed by atoms with Crippen molar-refractivity contribution in [2.24, 2.45) is 5.41 Å². The quantitative estimate of drug-likeness (QED) is 0.709. The summed E-state index contributed by atoms with van der Waals surface area (Å²) in [5.41, 5.74) is 7.88. The van der Waals surface area contributed by atoms with Crippen LogP contribution in [0.4, 0.5) is 11.4 Å². The van der Waals surface area contributed by atoms with Gasteiger partial charge >= 0.3 is 0 Å². The third-order valence-corrected chi connectivity index (χ3v) is 3.84. The van der Waals surface area contributed by atoms with Gasteiger partial charge in [0, 0.05) is 12.0 Å². The molecular formula is C14H19N3O. The molecule has 0 bridgehead atoms. The highest BCUT2D eigenvalue weighted by Crippen LogP contribution is 2.38. The Labute approximate surface area is 107 Å². The average molecular weight is 245 g/mol. The highest BCUT2D eigenvalue weighted by molar-refractivity contribution is 5.68. The van der Waals surface area contributed by atoms with Crippen LogP contribution in [-0.4, -0.2) is 18.3 Å². The fourth-order valence-electron chi connectivity index (χ4n) is 2.58. The molecule has 4 nitrogen and oxygen atoms in total. The summed E-state index contributed by atoms with van der Waals surface area (Å²) in [6.45, 7) is 0.917. The molecule has 0 atom stereocenters. The molecule has 96 valence electrons. The first-order chi connectivity index (χ1) is 8.69. The Balaban J connectivity index is 2.08. The van der Waals surface area contributed by atoms with E-state index in [0.717, 1.165) is 18.5 Å². The van der Waals surface area contributed by atoms with Gasteiger partial charge in [0.05, 0.1) is 29.6 Å². The number of rotatable bonds is 4. The van der Waals surface area contributed by atoms with Crippen LogP contribution >= 0.6 is 0 Å². The molecule has 0 aliphatic heterocycles. The zero-order chi connectivity index (χ0) is 13.0. The van der Waals surface area contributed by atoms with Gasteiger partial charge in [0.15, 0.2) is 0 Å². The van der Waals surface area contributed by atoms with E-state index in [4.69, 9.17) is 11.0 Å². The fourth-order valence-corrected chi connectivity index (χ4v) is 2.58. The highest BCUT2D eigenvalue weighted by Gasteiger charge is 2.32. The Kier molecular flexibility index (Phi) is 3.73. The van der Waals surface area contributed by atoms with Crippen LogP contribution in [0.15, 0.2) is 18.2 Å². The van der Waals surface area contributed by atoms with E-state index >= 15 is 0 Å². The van der Waals surface area contributed by atoms with Gasteiger partial charge in [-0.25, -0.2) is 0 Å². The monoisotopic (exact) mass is 245 g/mol. The number of nitrogens with zero attached hydrogens (tertiary/aromatic N) is 1. The first-order valence-electron chi connectivity index (χ1n) is 6.33. The topological polar surface area (TPSA) is 82.1 Å². The molecule has 1 aliphatic carbocycles. The van der Waals surface area contributed by atoms with Crippen molar-refractivity contribution in [3.63, 3.8) is 0 Å². The third-order valence-electron chi connectivity index (χ3n) is 3.84. The van der Waals surface area contributed by atoms with Gasteiger partial charge in [-0.15, -0.1) is 0 Å². The molecule has 0 unspecified atom stereocenters. The number of nitrogen functional groups attached to an aromatic ring is 1. The second kappa shape index (κ2) is 5.28. The first kappa shape index (κ1) is 12.7. The molecule has 1 aromatic carbocycles. The van der Waals surface area contributed by atoms with Crippen LogP contribution in [0.2, 0.25) is 0 Å². The molecule has 4 N–H and O–H groups in total. The minimum atomic E-state index is -0.0188. The van der Waals surface area contributed by atoms with Crippen molar-refractivity contribution in [2.45, 2.75) is 25.7 Å². The summed E-state index contributed by atoms with van der Waals surface area (Å²) in [7, 11) is 0. The summed E-state index contributed by atoms with van der Waals surface area (Å²) in [5, 5.41) is 21.7. The molecule has 0 aromatic heterocycles. The Hall–Kier alpha value is -1.73. The third kappa shape index (κ3) is 2.57. The lowest BCUT2D eigenvalue weighted by molar-refractivity contribution is 0.142. The second-order valence-electron chi connectivity index (χ2n) is 5.13. The molecule has 0 saturated heterocycles. The number of nitrogens with one attached hydrogen (secondary N) is 1. The number of nitrogens with two attached hydrogens (primary N) is 1. The van der Waals surface area contributed by atoms with E-state index in [0.29, 0.717) is 17.8 Å². The van der Waals surface area contributed by atoms with Crippen molar-refractivity contribution in [3.8, 4) is 6.07 Å². The van der Waals surface area contributed by atoms with Gasteiger partial charge in [-0.3, -0.25) is 0 Å². The molecule has 0 heterocycles. The maximum atomic E-state index is 9.54. The number of nitriles is 1. The van der Waals surface area contributed by atoms with E-state index in [-0.39, 0.29) is 12.0 Å². The van der Waals surface area contributed by atoms with E-state index in [1.807, 2.05) is 0 Å². The van der Waals surface area contributed by atoms with Gasteiger partial charge in [-0.1, -0.05) is 12.8 Å². The zero-order valence-corrected chi connectivity index (χ0v) is 10.4. The summed E-state index contributed by atoms with van der Waals surface area (Å²) in [5.74, 6) is 0. The van der Waals surface area contributed by atoms with Gasteiger partial charge in [0.25, 0.3) is 0 Å². The molecule has 0 amide bonds. The van der Waals surface area contributed by atoms with Crippen molar-refractivity contribution in [2.75, 3.05) is 24.2 Å². The highest BCUT2D eigenvalue weighted by atomic mass is 16.3. The van der Waals surface area contributed by atoms with Crippen molar-refractivity contribution in [1.82, 2.24) is 0 Å². The summed E-state index contributed by atoms with van der Waals surface area (Å²) in [4.78, 5) is 0. The smallest absolute Gasteiger partial charge is 0.0992 e. The molecule has 0 spiro atoms.